The number of ether oxygens (including phenoxy) is 1. The lowest BCUT2D eigenvalue weighted by atomic mass is 10.1. The van der Waals surface area contributed by atoms with Crippen molar-refractivity contribution < 1.29 is 9.13 Å². The summed E-state index contributed by atoms with van der Waals surface area (Å²) in [6.07, 6.45) is 0. The van der Waals surface area contributed by atoms with Gasteiger partial charge in [0.2, 0.25) is 0 Å². The molecule has 0 aliphatic carbocycles. The van der Waals surface area contributed by atoms with Gasteiger partial charge in [-0.25, -0.2) is 9.37 Å². The molecule has 0 radical (unpaired) electrons. The lowest BCUT2D eigenvalue weighted by Gasteiger charge is -2.07. The minimum absolute atomic E-state index is 0.299. The van der Waals surface area contributed by atoms with E-state index in [9.17, 15) is 4.39 Å². The Morgan fingerprint density at radius 2 is 1.41 bits per heavy atom. The molecule has 0 fully saturated rings. The SMILES string of the molecule is Fc1ccc(Oc2ccc(-c3cc(Cl)cc(Cl)n3)cc2)cc1. The Bertz CT molecular complexity index is 769. The van der Waals surface area contributed by atoms with Gasteiger partial charge in [0.1, 0.15) is 22.5 Å². The van der Waals surface area contributed by atoms with Crippen molar-refractivity contribution in [2.75, 3.05) is 0 Å². The number of hydrogen-bond acceptors (Lipinski definition) is 2. The van der Waals surface area contributed by atoms with Gasteiger partial charge in [-0.1, -0.05) is 23.2 Å². The van der Waals surface area contributed by atoms with Gasteiger partial charge in [-0.3, -0.25) is 0 Å². The second-order valence-electron chi connectivity index (χ2n) is 4.57. The Hall–Kier alpha value is -2.10. The number of benzene rings is 2. The summed E-state index contributed by atoms with van der Waals surface area (Å²) in [7, 11) is 0. The Balaban J connectivity index is 1.81. The first-order chi connectivity index (χ1) is 10.6. The summed E-state index contributed by atoms with van der Waals surface area (Å²) in [6.45, 7) is 0. The van der Waals surface area contributed by atoms with Crippen molar-refractivity contribution in [1.29, 1.82) is 0 Å². The van der Waals surface area contributed by atoms with Crippen LogP contribution in [-0.4, -0.2) is 4.98 Å². The van der Waals surface area contributed by atoms with Crippen LogP contribution in [0.4, 0.5) is 4.39 Å². The van der Waals surface area contributed by atoms with Gasteiger partial charge >= 0.3 is 0 Å². The van der Waals surface area contributed by atoms with Crippen molar-refractivity contribution in [3.63, 3.8) is 0 Å². The van der Waals surface area contributed by atoms with Crippen LogP contribution in [0.25, 0.3) is 11.3 Å². The van der Waals surface area contributed by atoms with Crippen LogP contribution in [0.3, 0.4) is 0 Å². The molecule has 0 saturated carbocycles. The van der Waals surface area contributed by atoms with E-state index in [-0.39, 0.29) is 5.82 Å². The van der Waals surface area contributed by atoms with Crippen LogP contribution in [0.5, 0.6) is 11.5 Å². The third kappa shape index (κ3) is 3.56. The molecule has 110 valence electrons. The van der Waals surface area contributed by atoms with Gasteiger partial charge < -0.3 is 4.74 Å². The fraction of sp³-hybridized carbons (Fsp3) is 0. The largest absolute Gasteiger partial charge is 0.457 e. The van der Waals surface area contributed by atoms with E-state index >= 15 is 0 Å². The summed E-state index contributed by atoms with van der Waals surface area (Å²) >= 11 is 11.9. The highest BCUT2D eigenvalue weighted by Crippen LogP contribution is 2.27. The van der Waals surface area contributed by atoms with Crippen molar-refractivity contribution in [2.24, 2.45) is 0 Å². The van der Waals surface area contributed by atoms with Gasteiger partial charge in [0.25, 0.3) is 0 Å². The molecule has 5 heteroatoms. The molecule has 22 heavy (non-hydrogen) atoms. The predicted octanol–water partition coefficient (Wildman–Crippen LogP) is 5.99. The average Bonchev–Trinajstić information content (AvgIpc) is 2.49. The lowest BCUT2D eigenvalue weighted by molar-refractivity contribution is 0.480. The van der Waals surface area contributed by atoms with E-state index in [4.69, 9.17) is 27.9 Å². The first kappa shape index (κ1) is 14.8. The first-order valence-corrected chi connectivity index (χ1v) is 7.23. The fourth-order valence-electron chi connectivity index (χ4n) is 1.95. The standard InChI is InChI=1S/C17H10Cl2FNO/c18-12-9-16(21-17(19)10-12)11-1-5-14(6-2-11)22-15-7-3-13(20)4-8-15/h1-10H. The van der Waals surface area contributed by atoms with E-state index in [0.717, 1.165) is 5.56 Å². The van der Waals surface area contributed by atoms with Crippen LogP contribution in [0.15, 0.2) is 60.7 Å². The molecule has 2 aromatic carbocycles. The van der Waals surface area contributed by atoms with Gasteiger partial charge in [0.15, 0.2) is 0 Å². The van der Waals surface area contributed by atoms with E-state index in [2.05, 4.69) is 4.98 Å². The van der Waals surface area contributed by atoms with Crippen molar-refractivity contribution in [2.45, 2.75) is 0 Å². The summed E-state index contributed by atoms with van der Waals surface area (Å²) in [6, 6.07) is 16.5. The molecular formula is C17H10Cl2FNO. The van der Waals surface area contributed by atoms with Crippen LogP contribution >= 0.6 is 23.2 Å². The fourth-order valence-corrected chi connectivity index (χ4v) is 2.42. The highest BCUT2D eigenvalue weighted by Gasteiger charge is 2.04. The molecule has 2 nitrogen and oxygen atoms in total. The molecular weight excluding hydrogens is 324 g/mol. The summed E-state index contributed by atoms with van der Waals surface area (Å²) in [5.74, 6) is 0.910. The van der Waals surface area contributed by atoms with Crippen molar-refractivity contribution >= 4 is 23.2 Å². The summed E-state index contributed by atoms with van der Waals surface area (Å²) < 4.78 is 18.5. The van der Waals surface area contributed by atoms with Crippen LogP contribution in [0, 0.1) is 5.82 Å². The van der Waals surface area contributed by atoms with Gasteiger partial charge in [0, 0.05) is 10.6 Å². The number of rotatable bonds is 3. The second kappa shape index (κ2) is 6.34. The smallest absolute Gasteiger partial charge is 0.131 e. The van der Waals surface area contributed by atoms with Crippen LogP contribution < -0.4 is 4.74 Å². The molecule has 0 bridgehead atoms. The maximum atomic E-state index is 12.8. The quantitative estimate of drug-likeness (QED) is 0.549. The summed E-state index contributed by atoms with van der Waals surface area (Å²) in [5, 5.41) is 0.871. The lowest BCUT2D eigenvalue weighted by Crippen LogP contribution is -1.87. The zero-order valence-electron chi connectivity index (χ0n) is 11.3. The van der Waals surface area contributed by atoms with E-state index in [1.165, 1.54) is 12.1 Å². The normalized spacial score (nSPS) is 10.5. The molecule has 0 amide bonds. The molecule has 0 unspecified atom stereocenters. The summed E-state index contributed by atoms with van der Waals surface area (Å²) in [4.78, 5) is 4.23. The molecule has 0 aliphatic rings. The van der Waals surface area contributed by atoms with Crippen LogP contribution in [-0.2, 0) is 0 Å². The Labute approximate surface area is 137 Å². The van der Waals surface area contributed by atoms with E-state index < -0.39 is 0 Å². The van der Waals surface area contributed by atoms with Crippen LogP contribution in [0.2, 0.25) is 10.2 Å². The molecule has 3 aromatic rings. The summed E-state index contributed by atoms with van der Waals surface area (Å²) in [5.41, 5.74) is 1.56. The molecule has 0 saturated heterocycles. The minimum Gasteiger partial charge on any atom is -0.457 e. The second-order valence-corrected chi connectivity index (χ2v) is 5.40. The minimum atomic E-state index is -0.299. The number of aromatic nitrogens is 1. The topological polar surface area (TPSA) is 22.1 Å². The zero-order chi connectivity index (χ0) is 15.5. The maximum Gasteiger partial charge on any atom is 0.131 e. The molecule has 0 aliphatic heterocycles. The van der Waals surface area contributed by atoms with Crippen molar-refractivity contribution in [1.82, 2.24) is 4.98 Å². The van der Waals surface area contributed by atoms with Crippen molar-refractivity contribution in [3.05, 3.63) is 76.7 Å². The van der Waals surface area contributed by atoms with E-state index in [1.807, 2.05) is 12.1 Å². The van der Waals surface area contributed by atoms with Crippen molar-refractivity contribution in [3.8, 4) is 22.8 Å². The third-order valence-electron chi connectivity index (χ3n) is 2.96. The Morgan fingerprint density at radius 1 is 0.818 bits per heavy atom. The zero-order valence-corrected chi connectivity index (χ0v) is 12.8. The molecule has 3 rings (SSSR count). The number of halogens is 3. The van der Waals surface area contributed by atoms with E-state index in [0.29, 0.717) is 27.4 Å². The monoisotopic (exact) mass is 333 g/mol. The molecule has 1 heterocycles. The number of hydrogen-bond donors (Lipinski definition) is 0. The molecule has 1 aromatic heterocycles. The molecule has 0 spiro atoms. The van der Waals surface area contributed by atoms with Gasteiger partial charge in [0.05, 0.1) is 5.69 Å². The molecule has 0 N–H and O–H groups in total. The maximum absolute atomic E-state index is 12.8. The highest BCUT2D eigenvalue weighted by atomic mass is 35.5. The number of nitrogens with zero attached hydrogens (tertiary/aromatic N) is 1. The highest BCUT2D eigenvalue weighted by molar-refractivity contribution is 6.34. The Kier molecular flexibility index (Phi) is 4.27. The van der Waals surface area contributed by atoms with Gasteiger partial charge in [-0.05, 0) is 60.7 Å². The van der Waals surface area contributed by atoms with Gasteiger partial charge in [-0.15, -0.1) is 0 Å². The predicted molar refractivity (Wildman–Crippen MR) is 86.2 cm³/mol. The third-order valence-corrected chi connectivity index (χ3v) is 3.37. The molecule has 0 atom stereocenters. The first-order valence-electron chi connectivity index (χ1n) is 6.47. The van der Waals surface area contributed by atoms with Crippen LogP contribution in [0.1, 0.15) is 0 Å². The van der Waals surface area contributed by atoms with E-state index in [1.54, 1.807) is 36.4 Å². The Morgan fingerprint density at radius 3 is 2.00 bits per heavy atom. The number of pyridine rings is 1. The average molecular weight is 334 g/mol. The van der Waals surface area contributed by atoms with Gasteiger partial charge in [-0.2, -0.15) is 0 Å².